The van der Waals surface area contributed by atoms with Crippen LogP contribution in [0.25, 0.3) is 10.8 Å². The third kappa shape index (κ3) is 2.97. The number of carbonyl (C=O) groups excluding carboxylic acids is 1. The first-order chi connectivity index (χ1) is 9.11. The first kappa shape index (κ1) is 13.2. The van der Waals surface area contributed by atoms with E-state index in [1.54, 1.807) is 24.3 Å². The number of rotatable bonds is 4. The summed E-state index contributed by atoms with van der Waals surface area (Å²) in [6.07, 6.45) is -2.61. The van der Waals surface area contributed by atoms with Crippen molar-refractivity contribution in [2.45, 2.75) is 6.43 Å². The summed E-state index contributed by atoms with van der Waals surface area (Å²) in [5.74, 6) is 4.57. The molecule has 0 fully saturated rings. The van der Waals surface area contributed by atoms with Gasteiger partial charge in [-0.2, -0.15) is 0 Å². The number of fused-ring (bicyclic) bond motifs is 1. The molecule has 3 N–H and O–H groups in total. The fourth-order valence-corrected chi connectivity index (χ4v) is 1.75. The Hall–Kier alpha value is -2.21. The number of alkyl halides is 2. The number of nitrogen functional groups attached to an aromatic ring is 1. The molecule has 0 aliphatic carbocycles. The van der Waals surface area contributed by atoms with Gasteiger partial charge in [0.2, 0.25) is 0 Å². The monoisotopic (exact) mass is 266 g/mol. The van der Waals surface area contributed by atoms with E-state index in [-0.39, 0.29) is 11.3 Å². The maximum Gasteiger partial charge on any atom is 0.272 e. The second kappa shape index (κ2) is 5.62. The number of hydrogen-bond donors (Lipinski definition) is 2. The lowest BCUT2D eigenvalue weighted by Gasteiger charge is -2.11. The summed E-state index contributed by atoms with van der Waals surface area (Å²) in [5, 5.41) is 1.59. The highest BCUT2D eigenvalue weighted by Crippen LogP contribution is 2.26. The van der Waals surface area contributed by atoms with E-state index in [9.17, 15) is 13.6 Å². The van der Waals surface area contributed by atoms with Crippen LogP contribution in [0.1, 0.15) is 10.4 Å². The Kier molecular flexibility index (Phi) is 3.91. The molecule has 19 heavy (non-hydrogen) atoms. The molecule has 0 aromatic heterocycles. The summed E-state index contributed by atoms with van der Waals surface area (Å²) >= 11 is 0. The molecule has 0 spiro atoms. The SMILES string of the molecule is NNC(=O)c1cc2ccccc2cc1OCC(F)F. The first-order valence-electron chi connectivity index (χ1n) is 5.56. The van der Waals surface area contributed by atoms with E-state index in [1.807, 2.05) is 17.6 Å². The molecule has 0 unspecified atom stereocenters. The lowest BCUT2D eigenvalue weighted by Crippen LogP contribution is -2.30. The predicted octanol–water partition coefficient (Wildman–Crippen LogP) is 2.09. The second-order valence-electron chi connectivity index (χ2n) is 3.87. The number of amides is 1. The predicted molar refractivity (Wildman–Crippen MR) is 67.1 cm³/mol. The van der Waals surface area contributed by atoms with Crippen molar-refractivity contribution in [3.8, 4) is 5.75 Å². The topological polar surface area (TPSA) is 64.3 Å². The molecule has 1 amide bonds. The third-order valence-electron chi connectivity index (χ3n) is 2.59. The maximum absolute atomic E-state index is 12.2. The number of halogens is 2. The van der Waals surface area contributed by atoms with E-state index in [1.165, 1.54) is 0 Å². The van der Waals surface area contributed by atoms with Crippen LogP contribution in [0, 0.1) is 0 Å². The van der Waals surface area contributed by atoms with Crippen LogP contribution in [0.4, 0.5) is 8.78 Å². The zero-order chi connectivity index (χ0) is 13.8. The van der Waals surface area contributed by atoms with Gasteiger partial charge in [-0.3, -0.25) is 10.2 Å². The smallest absolute Gasteiger partial charge is 0.272 e. The van der Waals surface area contributed by atoms with Crippen molar-refractivity contribution in [2.75, 3.05) is 6.61 Å². The molecule has 2 aromatic rings. The zero-order valence-corrected chi connectivity index (χ0v) is 9.90. The van der Waals surface area contributed by atoms with Gasteiger partial charge >= 0.3 is 0 Å². The minimum absolute atomic E-state index is 0.0851. The highest BCUT2D eigenvalue weighted by atomic mass is 19.3. The fourth-order valence-electron chi connectivity index (χ4n) is 1.75. The van der Waals surface area contributed by atoms with Crippen molar-refractivity contribution in [3.63, 3.8) is 0 Å². The van der Waals surface area contributed by atoms with Crippen LogP contribution in [0.15, 0.2) is 36.4 Å². The van der Waals surface area contributed by atoms with Gasteiger partial charge in [0, 0.05) is 0 Å². The van der Waals surface area contributed by atoms with Crippen molar-refractivity contribution in [1.29, 1.82) is 0 Å². The molecule has 0 heterocycles. The van der Waals surface area contributed by atoms with Gasteiger partial charge in [0.05, 0.1) is 5.56 Å². The summed E-state index contributed by atoms with van der Waals surface area (Å²) in [6, 6.07) is 10.3. The lowest BCUT2D eigenvalue weighted by atomic mass is 10.1. The van der Waals surface area contributed by atoms with E-state index in [4.69, 9.17) is 10.6 Å². The zero-order valence-electron chi connectivity index (χ0n) is 9.90. The van der Waals surface area contributed by atoms with Gasteiger partial charge in [-0.05, 0) is 22.9 Å². The normalized spacial score (nSPS) is 10.7. The molecule has 0 bridgehead atoms. The Bertz CT molecular complexity index is 602. The molecular weight excluding hydrogens is 254 g/mol. The average Bonchev–Trinajstić information content (AvgIpc) is 2.43. The molecule has 2 aromatic carbocycles. The summed E-state index contributed by atoms with van der Waals surface area (Å²) < 4.78 is 29.4. The van der Waals surface area contributed by atoms with Crippen molar-refractivity contribution in [2.24, 2.45) is 5.84 Å². The molecule has 0 aliphatic heterocycles. The highest BCUT2D eigenvalue weighted by molar-refractivity contribution is 6.01. The van der Waals surface area contributed by atoms with E-state index in [0.29, 0.717) is 0 Å². The molecule has 2 rings (SSSR count). The molecule has 0 saturated carbocycles. The number of nitrogens with two attached hydrogens (primary N) is 1. The summed E-state index contributed by atoms with van der Waals surface area (Å²) in [4.78, 5) is 11.6. The largest absolute Gasteiger partial charge is 0.487 e. The Balaban J connectivity index is 2.47. The van der Waals surface area contributed by atoms with Gasteiger partial charge in [-0.15, -0.1) is 0 Å². The molecule has 0 saturated heterocycles. The molecule has 0 aliphatic rings. The number of nitrogens with one attached hydrogen (secondary N) is 1. The molecule has 100 valence electrons. The number of hydrogen-bond acceptors (Lipinski definition) is 3. The van der Waals surface area contributed by atoms with Crippen LogP contribution in [0.2, 0.25) is 0 Å². The minimum atomic E-state index is -2.61. The van der Waals surface area contributed by atoms with E-state index < -0.39 is 18.9 Å². The van der Waals surface area contributed by atoms with E-state index in [2.05, 4.69) is 0 Å². The maximum atomic E-state index is 12.2. The van der Waals surface area contributed by atoms with Crippen LogP contribution >= 0.6 is 0 Å². The van der Waals surface area contributed by atoms with Gasteiger partial charge in [0.1, 0.15) is 12.4 Å². The van der Waals surface area contributed by atoms with Crippen molar-refractivity contribution >= 4 is 16.7 Å². The van der Waals surface area contributed by atoms with Gasteiger partial charge < -0.3 is 4.74 Å². The van der Waals surface area contributed by atoms with Gasteiger partial charge in [-0.1, -0.05) is 24.3 Å². The van der Waals surface area contributed by atoms with Crippen LogP contribution in [-0.2, 0) is 0 Å². The molecule has 0 atom stereocenters. The average molecular weight is 266 g/mol. The Morgan fingerprint density at radius 1 is 1.26 bits per heavy atom. The standard InChI is InChI=1S/C13H12F2N2O2/c14-12(15)7-19-11-6-9-4-2-1-3-8(9)5-10(11)13(18)17-16/h1-6,12H,7,16H2,(H,17,18). The summed E-state index contributed by atoms with van der Waals surface area (Å²) in [6.45, 7) is -0.775. The molecule has 4 nitrogen and oxygen atoms in total. The lowest BCUT2D eigenvalue weighted by molar-refractivity contribution is 0.0796. The molecule has 0 radical (unpaired) electrons. The molecular formula is C13H12F2N2O2. The van der Waals surface area contributed by atoms with Crippen LogP contribution in [0.5, 0.6) is 5.75 Å². The fraction of sp³-hybridized carbons (Fsp3) is 0.154. The number of benzene rings is 2. The minimum Gasteiger partial charge on any atom is -0.487 e. The Morgan fingerprint density at radius 3 is 2.47 bits per heavy atom. The molecule has 6 heteroatoms. The number of carbonyl (C=O) groups is 1. The van der Waals surface area contributed by atoms with E-state index in [0.717, 1.165) is 10.8 Å². The van der Waals surface area contributed by atoms with Gasteiger partial charge in [-0.25, -0.2) is 14.6 Å². The quantitative estimate of drug-likeness (QED) is 0.506. The van der Waals surface area contributed by atoms with Crippen LogP contribution in [-0.4, -0.2) is 18.9 Å². The van der Waals surface area contributed by atoms with Gasteiger partial charge in [0.15, 0.2) is 0 Å². The van der Waals surface area contributed by atoms with Gasteiger partial charge in [0.25, 0.3) is 12.3 Å². The van der Waals surface area contributed by atoms with Crippen LogP contribution in [0.3, 0.4) is 0 Å². The van der Waals surface area contributed by atoms with Crippen LogP contribution < -0.4 is 16.0 Å². The highest BCUT2D eigenvalue weighted by Gasteiger charge is 2.14. The van der Waals surface area contributed by atoms with Crippen molar-refractivity contribution in [1.82, 2.24) is 5.43 Å². The van der Waals surface area contributed by atoms with E-state index >= 15 is 0 Å². The summed E-state index contributed by atoms with van der Waals surface area (Å²) in [5.41, 5.74) is 2.09. The number of hydrazine groups is 1. The first-order valence-corrected chi connectivity index (χ1v) is 5.56. The van der Waals surface area contributed by atoms with Crippen molar-refractivity contribution < 1.29 is 18.3 Å². The Labute approximate surface area is 108 Å². The Morgan fingerprint density at radius 2 is 1.89 bits per heavy atom. The second-order valence-corrected chi connectivity index (χ2v) is 3.87. The van der Waals surface area contributed by atoms with Crippen molar-refractivity contribution in [3.05, 3.63) is 42.0 Å². The summed E-state index contributed by atoms with van der Waals surface area (Å²) in [7, 11) is 0. The number of ether oxygens (including phenoxy) is 1. The third-order valence-corrected chi connectivity index (χ3v) is 2.59.